The topological polar surface area (TPSA) is 95.4 Å². The predicted molar refractivity (Wildman–Crippen MR) is 98.7 cm³/mol. The van der Waals surface area contributed by atoms with E-state index in [1.54, 1.807) is 0 Å². The number of aromatic nitrogens is 7. The van der Waals surface area contributed by atoms with Crippen molar-refractivity contribution in [3.63, 3.8) is 0 Å². The number of rotatable bonds is 4. The van der Waals surface area contributed by atoms with Crippen molar-refractivity contribution >= 4 is 11.6 Å². The first kappa shape index (κ1) is 17.3. The van der Waals surface area contributed by atoms with Crippen molar-refractivity contribution in [3.8, 4) is 17.4 Å². The third-order valence-corrected chi connectivity index (χ3v) is 4.25. The van der Waals surface area contributed by atoms with E-state index >= 15 is 0 Å². The van der Waals surface area contributed by atoms with Crippen molar-refractivity contribution in [2.45, 2.75) is 26.7 Å². The van der Waals surface area contributed by atoms with Crippen LogP contribution in [0.4, 0.5) is 0 Å². The molecule has 3 heterocycles. The Bertz CT molecular complexity index is 1070. The molecule has 0 aliphatic heterocycles. The molecule has 1 aromatic carbocycles. The minimum atomic E-state index is -0.268. The van der Waals surface area contributed by atoms with Gasteiger partial charge < -0.3 is 4.52 Å². The number of halogens is 1. The highest BCUT2D eigenvalue weighted by Crippen LogP contribution is 2.25. The minimum absolute atomic E-state index is 0.268. The van der Waals surface area contributed by atoms with Gasteiger partial charge in [0, 0.05) is 5.56 Å². The maximum atomic E-state index is 5.85. The summed E-state index contributed by atoms with van der Waals surface area (Å²) in [6.07, 6.45) is 4.45. The zero-order valence-electron chi connectivity index (χ0n) is 15.0. The summed E-state index contributed by atoms with van der Waals surface area (Å²) in [4.78, 5) is 17.2. The highest BCUT2D eigenvalue weighted by Gasteiger charge is 2.23. The molecule has 136 valence electrons. The minimum Gasteiger partial charge on any atom is -0.334 e. The van der Waals surface area contributed by atoms with Gasteiger partial charge in [0.15, 0.2) is 5.82 Å². The van der Waals surface area contributed by atoms with E-state index in [0.29, 0.717) is 28.5 Å². The van der Waals surface area contributed by atoms with Crippen molar-refractivity contribution in [3.05, 3.63) is 64.7 Å². The monoisotopic (exact) mass is 381 g/mol. The van der Waals surface area contributed by atoms with Gasteiger partial charge in [-0.2, -0.15) is 14.8 Å². The summed E-state index contributed by atoms with van der Waals surface area (Å²) in [6.45, 7) is 5.99. The highest BCUT2D eigenvalue weighted by molar-refractivity contribution is 6.30. The van der Waals surface area contributed by atoms with Crippen LogP contribution in [0, 0.1) is 13.8 Å². The fourth-order valence-electron chi connectivity index (χ4n) is 2.86. The van der Waals surface area contributed by atoms with Gasteiger partial charge in [-0.1, -0.05) is 34.0 Å². The molecule has 0 aliphatic rings. The SMILES string of the molecule is Cc1cc(C)cc(-c2nc(C(C)c3ncnn3-c3ncc(Cl)cn3)no2)c1. The van der Waals surface area contributed by atoms with Gasteiger partial charge in [-0.05, 0) is 32.9 Å². The molecule has 0 fully saturated rings. The number of hydrogen-bond donors (Lipinski definition) is 0. The first-order valence-electron chi connectivity index (χ1n) is 8.31. The predicted octanol–water partition coefficient (Wildman–Crippen LogP) is 3.53. The number of nitrogens with zero attached hydrogens (tertiary/aromatic N) is 7. The van der Waals surface area contributed by atoms with E-state index in [-0.39, 0.29) is 5.92 Å². The van der Waals surface area contributed by atoms with Crippen LogP contribution in [0.3, 0.4) is 0 Å². The molecule has 1 atom stereocenters. The smallest absolute Gasteiger partial charge is 0.257 e. The third-order valence-electron chi connectivity index (χ3n) is 4.06. The molecule has 1 unspecified atom stereocenters. The average molecular weight is 382 g/mol. The summed E-state index contributed by atoms with van der Waals surface area (Å²) in [5, 5.41) is 8.78. The quantitative estimate of drug-likeness (QED) is 0.533. The van der Waals surface area contributed by atoms with Gasteiger partial charge >= 0.3 is 0 Å². The summed E-state index contributed by atoms with van der Waals surface area (Å²) in [7, 11) is 0. The Morgan fingerprint density at radius 1 is 1.04 bits per heavy atom. The molecule has 9 heteroatoms. The molecule has 4 aromatic rings. The molecule has 0 aliphatic carbocycles. The largest absolute Gasteiger partial charge is 0.334 e. The van der Waals surface area contributed by atoms with Gasteiger partial charge in [0.2, 0.25) is 0 Å². The van der Waals surface area contributed by atoms with Crippen molar-refractivity contribution in [2.75, 3.05) is 0 Å². The second-order valence-electron chi connectivity index (χ2n) is 6.29. The Hall–Kier alpha value is -3.13. The molecule has 0 bridgehead atoms. The van der Waals surface area contributed by atoms with Gasteiger partial charge in [0.25, 0.3) is 11.8 Å². The molecule has 27 heavy (non-hydrogen) atoms. The number of hydrogen-bond acceptors (Lipinski definition) is 7. The molecule has 0 saturated carbocycles. The first-order chi connectivity index (χ1) is 13.0. The van der Waals surface area contributed by atoms with Crippen LogP contribution in [0.15, 0.2) is 41.4 Å². The van der Waals surface area contributed by atoms with Crippen LogP contribution in [0.25, 0.3) is 17.4 Å². The summed E-state index contributed by atoms with van der Waals surface area (Å²) in [6, 6.07) is 6.12. The molecular formula is C18H16ClN7O. The second kappa shape index (κ2) is 6.88. The normalized spacial score (nSPS) is 12.3. The Labute approximate surface area is 160 Å². The van der Waals surface area contributed by atoms with E-state index in [1.807, 2.05) is 32.9 Å². The lowest BCUT2D eigenvalue weighted by atomic mass is 10.1. The van der Waals surface area contributed by atoms with Crippen molar-refractivity contribution in [1.29, 1.82) is 0 Å². The lowest BCUT2D eigenvalue weighted by Crippen LogP contribution is -2.11. The van der Waals surface area contributed by atoms with Gasteiger partial charge in [0.1, 0.15) is 12.2 Å². The Morgan fingerprint density at radius 2 is 1.74 bits per heavy atom. The van der Waals surface area contributed by atoms with Crippen LogP contribution < -0.4 is 0 Å². The van der Waals surface area contributed by atoms with Crippen LogP contribution in [0.1, 0.15) is 35.6 Å². The zero-order chi connectivity index (χ0) is 19.0. The maximum Gasteiger partial charge on any atom is 0.257 e. The van der Waals surface area contributed by atoms with Crippen molar-refractivity contribution < 1.29 is 4.52 Å². The summed E-state index contributed by atoms with van der Waals surface area (Å²) < 4.78 is 7.01. The summed E-state index contributed by atoms with van der Waals surface area (Å²) in [5.74, 6) is 1.68. The Kier molecular flexibility index (Phi) is 4.41. The van der Waals surface area contributed by atoms with Gasteiger partial charge in [-0.3, -0.25) is 0 Å². The molecule has 0 radical (unpaired) electrons. The molecule has 8 nitrogen and oxygen atoms in total. The molecule has 4 rings (SSSR count). The van der Waals surface area contributed by atoms with Crippen molar-refractivity contribution in [2.24, 2.45) is 0 Å². The lowest BCUT2D eigenvalue weighted by Gasteiger charge is -2.07. The zero-order valence-corrected chi connectivity index (χ0v) is 15.7. The van der Waals surface area contributed by atoms with Crippen molar-refractivity contribution in [1.82, 2.24) is 34.9 Å². The summed E-state index contributed by atoms with van der Waals surface area (Å²) in [5.41, 5.74) is 3.16. The first-order valence-corrected chi connectivity index (χ1v) is 8.69. The van der Waals surface area contributed by atoms with Crippen LogP contribution in [-0.2, 0) is 0 Å². The average Bonchev–Trinajstić information content (AvgIpc) is 3.31. The fourth-order valence-corrected chi connectivity index (χ4v) is 2.95. The lowest BCUT2D eigenvalue weighted by molar-refractivity contribution is 0.419. The van der Waals surface area contributed by atoms with E-state index in [0.717, 1.165) is 16.7 Å². The molecule has 0 amide bonds. The standard InChI is InChI=1S/C18H16ClN7O/c1-10-4-11(2)6-13(5-10)17-24-15(25-27-17)12(3)16-22-9-23-26(16)18-20-7-14(19)8-21-18/h4-9,12H,1-3H3. The van der Waals surface area contributed by atoms with E-state index in [4.69, 9.17) is 16.1 Å². The Balaban J connectivity index is 1.67. The van der Waals surface area contributed by atoms with Gasteiger partial charge in [-0.25, -0.2) is 15.0 Å². The molecule has 0 N–H and O–H groups in total. The number of aryl methyl sites for hydroxylation is 2. The van der Waals surface area contributed by atoms with E-state index < -0.39 is 0 Å². The van der Waals surface area contributed by atoms with Crippen LogP contribution in [0.5, 0.6) is 0 Å². The van der Waals surface area contributed by atoms with E-state index in [2.05, 4.69) is 36.3 Å². The van der Waals surface area contributed by atoms with E-state index in [1.165, 1.54) is 23.4 Å². The third kappa shape index (κ3) is 3.43. The molecular weight excluding hydrogens is 366 g/mol. The molecule has 0 saturated heterocycles. The second-order valence-corrected chi connectivity index (χ2v) is 6.72. The maximum absolute atomic E-state index is 5.85. The van der Waals surface area contributed by atoms with Crippen LogP contribution >= 0.6 is 11.6 Å². The highest BCUT2D eigenvalue weighted by atomic mass is 35.5. The van der Waals surface area contributed by atoms with Gasteiger partial charge in [-0.15, -0.1) is 0 Å². The van der Waals surface area contributed by atoms with Gasteiger partial charge in [0.05, 0.1) is 23.3 Å². The summed E-state index contributed by atoms with van der Waals surface area (Å²) >= 11 is 5.85. The Morgan fingerprint density at radius 3 is 2.44 bits per heavy atom. The van der Waals surface area contributed by atoms with Crippen LogP contribution in [-0.4, -0.2) is 34.9 Å². The number of benzene rings is 1. The van der Waals surface area contributed by atoms with E-state index in [9.17, 15) is 0 Å². The van der Waals surface area contributed by atoms with Crippen LogP contribution in [0.2, 0.25) is 5.02 Å². The fraction of sp³-hybridized carbons (Fsp3) is 0.222. The molecule has 3 aromatic heterocycles. The molecule has 0 spiro atoms.